The lowest BCUT2D eigenvalue weighted by Gasteiger charge is -2.23. The van der Waals surface area contributed by atoms with Crippen LogP contribution in [0.5, 0.6) is 5.75 Å². The van der Waals surface area contributed by atoms with Crippen molar-refractivity contribution in [1.29, 1.82) is 0 Å². The van der Waals surface area contributed by atoms with Gasteiger partial charge in [-0.25, -0.2) is 12.8 Å². The number of rotatable bonds is 9. The average molecular weight is 438 g/mol. The van der Waals surface area contributed by atoms with Gasteiger partial charge in [0.25, 0.3) is 5.91 Å². The third kappa shape index (κ3) is 5.48. The Morgan fingerprint density at radius 3 is 2.23 bits per heavy atom. The number of benzene rings is 2. The van der Waals surface area contributed by atoms with Gasteiger partial charge < -0.3 is 15.0 Å². The van der Waals surface area contributed by atoms with Crippen LogP contribution < -0.4 is 15.0 Å². The Kier molecular flexibility index (Phi) is 7.80. The van der Waals surface area contributed by atoms with Gasteiger partial charge in [-0.05, 0) is 49.4 Å². The Morgan fingerprint density at radius 2 is 1.70 bits per heavy atom. The molecule has 1 unspecified atom stereocenters. The number of hydrogen-bond donors (Lipinski definition) is 1. The van der Waals surface area contributed by atoms with E-state index in [9.17, 15) is 17.6 Å². The van der Waals surface area contributed by atoms with E-state index in [1.165, 1.54) is 40.7 Å². The van der Waals surface area contributed by atoms with Crippen molar-refractivity contribution >= 4 is 27.3 Å². The largest absolute Gasteiger partial charge is 0.481 e. The highest BCUT2D eigenvalue weighted by atomic mass is 32.2. The molecule has 1 amide bonds. The van der Waals surface area contributed by atoms with Gasteiger partial charge in [0.15, 0.2) is 6.10 Å². The van der Waals surface area contributed by atoms with E-state index in [4.69, 9.17) is 4.74 Å². The Hall–Kier alpha value is -2.65. The quantitative estimate of drug-likeness (QED) is 0.651. The van der Waals surface area contributed by atoms with Crippen molar-refractivity contribution in [3.05, 3.63) is 48.3 Å². The van der Waals surface area contributed by atoms with Crippen LogP contribution in [0.15, 0.2) is 47.4 Å². The molecule has 2 aromatic carbocycles. The van der Waals surface area contributed by atoms with Crippen LogP contribution >= 0.6 is 0 Å². The molecule has 2 rings (SSSR count). The molecule has 30 heavy (non-hydrogen) atoms. The summed E-state index contributed by atoms with van der Waals surface area (Å²) >= 11 is 0. The van der Waals surface area contributed by atoms with Crippen LogP contribution in [-0.4, -0.2) is 51.9 Å². The number of nitrogens with one attached hydrogen (secondary N) is 1. The van der Waals surface area contributed by atoms with Crippen LogP contribution in [0, 0.1) is 5.82 Å². The number of nitrogens with zero attached hydrogens (tertiary/aromatic N) is 2. The SMILES string of the molecule is CCN(CC)S(=O)(=O)c1ccc(N(C)C)c(NC(=O)C(C)Oc2ccc(F)cc2)c1. The standard InChI is InChI=1S/C21H28FN3O4S/c1-6-25(7-2)30(27,28)18-12-13-20(24(4)5)19(14-18)23-21(26)15(3)29-17-10-8-16(22)9-11-17/h8-15H,6-7H2,1-5H3,(H,23,26). The van der Waals surface area contributed by atoms with Crippen molar-refractivity contribution in [2.45, 2.75) is 31.8 Å². The fourth-order valence-electron chi connectivity index (χ4n) is 2.88. The smallest absolute Gasteiger partial charge is 0.265 e. The van der Waals surface area contributed by atoms with Gasteiger partial charge in [-0.2, -0.15) is 4.31 Å². The highest BCUT2D eigenvalue weighted by Gasteiger charge is 2.24. The molecule has 1 atom stereocenters. The lowest BCUT2D eigenvalue weighted by Crippen LogP contribution is -2.32. The summed E-state index contributed by atoms with van der Waals surface area (Å²) in [6, 6.07) is 9.97. The summed E-state index contributed by atoms with van der Waals surface area (Å²) in [6.45, 7) is 5.79. The lowest BCUT2D eigenvalue weighted by atomic mass is 10.2. The summed E-state index contributed by atoms with van der Waals surface area (Å²) in [4.78, 5) is 14.5. The summed E-state index contributed by atoms with van der Waals surface area (Å²) < 4.78 is 45.7. The number of sulfonamides is 1. The first-order valence-corrected chi connectivity index (χ1v) is 11.1. The van der Waals surface area contributed by atoms with Gasteiger partial charge in [-0.3, -0.25) is 4.79 Å². The molecule has 9 heteroatoms. The van der Waals surface area contributed by atoms with Crippen molar-refractivity contribution in [2.24, 2.45) is 0 Å². The van der Waals surface area contributed by atoms with E-state index in [2.05, 4.69) is 5.32 Å². The monoisotopic (exact) mass is 437 g/mol. The second kappa shape index (κ2) is 9.90. The molecule has 7 nitrogen and oxygen atoms in total. The molecule has 0 aliphatic heterocycles. The summed E-state index contributed by atoms with van der Waals surface area (Å²) in [5, 5.41) is 2.75. The van der Waals surface area contributed by atoms with Gasteiger partial charge in [0, 0.05) is 27.2 Å². The Bertz CT molecular complexity index is 974. The Balaban J connectivity index is 2.29. The molecular formula is C21H28FN3O4S. The van der Waals surface area contributed by atoms with E-state index in [-0.39, 0.29) is 4.90 Å². The minimum atomic E-state index is -3.68. The zero-order valence-electron chi connectivity index (χ0n) is 17.8. The van der Waals surface area contributed by atoms with E-state index in [0.29, 0.717) is 30.2 Å². The molecule has 0 spiro atoms. The van der Waals surface area contributed by atoms with Gasteiger partial charge in [0.1, 0.15) is 11.6 Å². The normalized spacial score (nSPS) is 12.5. The van der Waals surface area contributed by atoms with Crippen LogP contribution in [0.3, 0.4) is 0 Å². The van der Waals surface area contributed by atoms with Gasteiger partial charge in [0.2, 0.25) is 10.0 Å². The van der Waals surface area contributed by atoms with E-state index >= 15 is 0 Å². The predicted molar refractivity (Wildman–Crippen MR) is 116 cm³/mol. The number of amides is 1. The molecule has 0 saturated heterocycles. The zero-order valence-corrected chi connectivity index (χ0v) is 18.7. The average Bonchev–Trinajstić information content (AvgIpc) is 2.70. The fraction of sp³-hybridized carbons (Fsp3) is 0.381. The Labute approximate surface area is 177 Å². The van der Waals surface area contributed by atoms with Crippen LogP contribution in [-0.2, 0) is 14.8 Å². The Morgan fingerprint density at radius 1 is 1.10 bits per heavy atom. The maximum absolute atomic E-state index is 13.0. The molecule has 2 aromatic rings. The summed E-state index contributed by atoms with van der Waals surface area (Å²) in [7, 11) is -0.0908. The molecule has 1 N–H and O–H groups in total. The molecule has 0 aliphatic carbocycles. The molecule has 0 heterocycles. The summed E-state index contributed by atoms with van der Waals surface area (Å²) in [5.41, 5.74) is 1.00. The molecular weight excluding hydrogens is 409 g/mol. The number of anilines is 2. The van der Waals surface area contributed by atoms with E-state index in [1.54, 1.807) is 45.8 Å². The van der Waals surface area contributed by atoms with Crippen LogP contribution in [0.2, 0.25) is 0 Å². The van der Waals surface area contributed by atoms with E-state index in [0.717, 1.165) is 0 Å². The van der Waals surface area contributed by atoms with Crippen molar-refractivity contribution in [3.8, 4) is 5.75 Å². The van der Waals surface area contributed by atoms with Crippen molar-refractivity contribution in [3.63, 3.8) is 0 Å². The second-order valence-corrected chi connectivity index (χ2v) is 8.80. The molecule has 0 radical (unpaired) electrons. The minimum absolute atomic E-state index is 0.0965. The highest BCUT2D eigenvalue weighted by molar-refractivity contribution is 7.89. The maximum atomic E-state index is 13.0. The molecule has 0 aromatic heterocycles. The summed E-state index contributed by atoms with van der Waals surface area (Å²) in [5.74, 6) is -0.508. The van der Waals surface area contributed by atoms with Gasteiger partial charge >= 0.3 is 0 Å². The lowest BCUT2D eigenvalue weighted by molar-refractivity contribution is -0.122. The molecule has 0 saturated carbocycles. The van der Waals surface area contributed by atoms with Gasteiger partial charge in [0.05, 0.1) is 16.3 Å². The molecule has 0 bridgehead atoms. The van der Waals surface area contributed by atoms with Gasteiger partial charge in [-0.15, -0.1) is 0 Å². The van der Waals surface area contributed by atoms with Crippen LogP contribution in [0.1, 0.15) is 20.8 Å². The zero-order chi connectivity index (χ0) is 22.5. The van der Waals surface area contributed by atoms with E-state index < -0.39 is 27.9 Å². The topological polar surface area (TPSA) is 79.0 Å². The molecule has 164 valence electrons. The number of carbonyl (C=O) groups is 1. The molecule has 0 fully saturated rings. The second-order valence-electron chi connectivity index (χ2n) is 6.87. The minimum Gasteiger partial charge on any atom is -0.481 e. The van der Waals surface area contributed by atoms with Crippen LogP contribution in [0.4, 0.5) is 15.8 Å². The maximum Gasteiger partial charge on any atom is 0.265 e. The van der Waals surface area contributed by atoms with Gasteiger partial charge in [-0.1, -0.05) is 13.8 Å². The first-order valence-electron chi connectivity index (χ1n) is 9.64. The third-order valence-corrected chi connectivity index (χ3v) is 6.59. The van der Waals surface area contributed by atoms with Crippen molar-refractivity contribution in [2.75, 3.05) is 37.4 Å². The summed E-state index contributed by atoms with van der Waals surface area (Å²) in [6.07, 6.45) is -0.881. The number of hydrogen-bond acceptors (Lipinski definition) is 5. The first kappa shape index (κ1) is 23.6. The first-order chi connectivity index (χ1) is 14.1. The molecule has 0 aliphatic rings. The fourth-order valence-corrected chi connectivity index (χ4v) is 4.37. The van der Waals surface area contributed by atoms with E-state index in [1.807, 2.05) is 0 Å². The van der Waals surface area contributed by atoms with Crippen molar-refractivity contribution in [1.82, 2.24) is 4.31 Å². The van der Waals surface area contributed by atoms with Crippen molar-refractivity contribution < 1.29 is 22.3 Å². The third-order valence-electron chi connectivity index (χ3n) is 4.55. The number of ether oxygens (including phenoxy) is 1. The number of carbonyl (C=O) groups excluding carboxylic acids is 1. The predicted octanol–water partition coefficient (Wildman–Crippen LogP) is 3.33. The highest BCUT2D eigenvalue weighted by Crippen LogP contribution is 2.29. The van der Waals surface area contributed by atoms with Crippen LogP contribution in [0.25, 0.3) is 0 Å². The number of halogens is 1.